The standard InChI is InChI=1S/C17H15N3O4S/c1-23-17(22)11-4-6-12(7-5-11)18-14(21)8-9-15-19-16(20-24-15)13-3-2-10-25-13/h2-7,10H,8-9H2,1H3,(H,18,21). The van der Waals surface area contributed by atoms with Crippen LogP contribution in [0, 0.1) is 0 Å². The highest BCUT2D eigenvalue weighted by Gasteiger charge is 2.12. The normalized spacial score (nSPS) is 10.4. The molecule has 0 saturated heterocycles. The third kappa shape index (κ3) is 4.30. The predicted octanol–water partition coefficient (Wildman–Crippen LogP) is 3.16. The second-order valence-corrected chi connectivity index (χ2v) is 6.05. The second kappa shape index (κ2) is 7.71. The van der Waals surface area contributed by atoms with E-state index in [2.05, 4.69) is 20.2 Å². The Labute approximate surface area is 147 Å². The molecule has 128 valence electrons. The molecule has 25 heavy (non-hydrogen) atoms. The number of rotatable bonds is 6. The minimum absolute atomic E-state index is 0.179. The van der Waals surface area contributed by atoms with Crippen LogP contribution in [0.3, 0.4) is 0 Å². The van der Waals surface area contributed by atoms with Crippen molar-refractivity contribution in [3.63, 3.8) is 0 Å². The molecule has 0 saturated carbocycles. The molecule has 2 aromatic heterocycles. The lowest BCUT2D eigenvalue weighted by atomic mass is 10.2. The molecular weight excluding hydrogens is 342 g/mol. The molecule has 0 aliphatic heterocycles. The Kier molecular flexibility index (Phi) is 5.20. The summed E-state index contributed by atoms with van der Waals surface area (Å²) < 4.78 is 9.78. The fraction of sp³-hybridized carbons (Fsp3) is 0.176. The van der Waals surface area contributed by atoms with Gasteiger partial charge in [-0.3, -0.25) is 4.79 Å². The van der Waals surface area contributed by atoms with Crippen molar-refractivity contribution < 1.29 is 18.8 Å². The second-order valence-electron chi connectivity index (χ2n) is 5.11. The number of benzene rings is 1. The van der Waals surface area contributed by atoms with Crippen LogP contribution in [0.2, 0.25) is 0 Å². The number of methoxy groups -OCH3 is 1. The van der Waals surface area contributed by atoms with Crippen molar-refractivity contribution >= 4 is 28.9 Å². The van der Waals surface area contributed by atoms with Crippen LogP contribution in [-0.2, 0) is 16.0 Å². The molecule has 0 bridgehead atoms. The van der Waals surface area contributed by atoms with E-state index in [1.807, 2.05) is 17.5 Å². The van der Waals surface area contributed by atoms with E-state index in [1.54, 1.807) is 24.3 Å². The maximum atomic E-state index is 12.0. The molecule has 3 rings (SSSR count). The molecule has 0 spiro atoms. The molecule has 0 radical (unpaired) electrons. The minimum atomic E-state index is -0.421. The summed E-state index contributed by atoms with van der Waals surface area (Å²) >= 11 is 1.52. The Hall–Kier alpha value is -3.00. The quantitative estimate of drug-likeness (QED) is 0.681. The number of carbonyl (C=O) groups is 2. The molecule has 1 N–H and O–H groups in total. The first-order valence-corrected chi connectivity index (χ1v) is 8.38. The van der Waals surface area contributed by atoms with Gasteiger partial charge in [-0.25, -0.2) is 4.79 Å². The first-order chi connectivity index (χ1) is 12.2. The number of aryl methyl sites for hydroxylation is 1. The van der Waals surface area contributed by atoms with Gasteiger partial charge in [0.15, 0.2) is 0 Å². The number of carbonyl (C=O) groups excluding carboxylic acids is 2. The topological polar surface area (TPSA) is 94.3 Å². The zero-order valence-electron chi connectivity index (χ0n) is 13.4. The lowest BCUT2D eigenvalue weighted by Crippen LogP contribution is -2.12. The first kappa shape index (κ1) is 16.8. The van der Waals surface area contributed by atoms with Gasteiger partial charge in [0.2, 0.25) is 17.6 Å². The van der Waals surface area contributed by atoms with Gasteiger partial charge < -0.3 is 14.6 Å². The van der Waals surface area contributed by atoms with Crippen molar-refractivity contribution in [2.75, 3.05) is 12.4 Å². The summed E-state index contributed by atoms with van der Waals surface area (Å²) in [4.78, 5) is 28.6. The number of esters is 1. The zero-order valence-corrected chi connectivity index (χ0v) is 14.2. The fourth-order valence-corrected chi connectivity index (χ4v) is 2.76. The van der Waals surface area contributed by atoms with Crippen LogP contribution in [0.25, 0.3) is 10.7 Å². The third-order valence-electron chi connectivity index (χ3n) is 3.37. The number of aromatic nitrogens is 2. The van der Waals surface area contributed by atoms with Gasteiger partial charge in [-0.15, -0.1) is 11.3 Å². The van der Waals surface area contributed by atoms with E-state index in [0.717, 1.165) is 4.88 Å². The van der Waals surface area contributed by atoms with E-state index in [9.17, 15) is 9.59 Å². The van der Waals surface area contributed by atoms with Crippen LogP contribution in [0.5, 0.6) is 0 Å². The average Bonchev–Trinajstić information content (AvgIpc) is 3.31. The number of nitrogens with zero attached hydrogens (tertiary/aromatic N) is 2. The van der Waals surface area contributed by atoms with Gasteiger partial charge >= 0.3 is 5.97 Å². The van der Waals surface area contributed by atoms with Gasteiger partial charge in [-0.2, -0.15) is 4.98 Å². The third-order valence-corrected chi connectivity index (χ3v) is 4.23. The van der Waals surface area contributed by atoms with Crippen LogP contribution in [-0.4, -0.2) is 29.1 Å². The number of ether oxygens (including phenoxy) is 1. The predicted molar refractivity (Wildman–Crippen MR) is 92.3 cm³/mol. The molecule has 8 heteroatoms. The van der Waals surface area contributed by atoms with Crippen LogP contribution >= 0.6 is 11.3 Å². The summed E-state index contributed by atoms with van der Waals surface area (Å²) in [5.74, 6) is 0.348. The molecule has 0 unspecified atom stereocenters. The molecule has 0 aliphatic carbocycles. The molecule has 3 aromatic rings. The van der Waals surface area contributed by atoms with E-state index in [1.165, 1.54) is 18.4 Å². The summed E-state index contributed by atoms with van der Waals surface area (Å²) in [6, 6.07) is 10.3. The van der Waals surface area contributed by atoms with Crippen molar-refractivity contribution in [2.24, 2.45) is 0 Å². The Balaban J connectivity index is 1.52. The Morgan fingerprint density at radius 3 is 2.72 bits per heavy atom. The molecular formula is C17H15N3O4S. The summed E-state index contributed by atoms with van der Waals surface area (Å²) in [5, 5.41) is 8.59. The van der Waals surface area contributed by atoms with Crippen molar-refractivity contribution in [2.45, 2.75) is 12.8 Å². The van der Waals surface area contributed by atoms with E-state index < -0.39 is 5.97 Å². The smallest absolute Gasteiger partial charge is 0.337 e. The van der Waals surface area contributed by atoms with Gasteiger partial charge in [0.1, 0.15) is 0 Å². The zero-order chi connectivity index (χ0) is 17.6. The first-order valence-electron chi connectivity index (χ1n) is 7.50. The molecule has 0 fully saturated rings. The molecule has 1 aromatic carbocycles. The van der Waals surface area contributed by atoms with Gasteiger partial charge in [-0.05, 0) is 35.7 Å². The molecule has 1 amide bonds. The van der Waals surface area contributed by atoms with Gasteiger partial charge in [-0.1, -0.05) is 11.2 Å². The highest BCUT2D eigenvalue weighted by molar-refractivity contribution is 7.13. The molecule has 2 heterocycles. The average molecular weight is 357 g/mol. The minimum Gasteiger partial charge on any atom is -0.465 e. The Bertz CT molecular complexity index is 856. The van der Waals surface area contributed by atoms with E-state index in [0.29, 0.717) is 29.4 Å². The summed E-state index contributed by atoms with van der Waals surface area (Å²) in [5.41, 5.74) is 1.02. The summed E-state index contributed by atoms with van der Waals surface area (Å²) in [7, 11) is 1.32. The largest absolute Gasteiger partial charge is 0.465 e. The van der Waals surface area contributed by atoms with Crippen LogP contribution < -0.4 is 5.32 Å². The van der Waals surface area contributed by atoms with Crippen LogP contribution in [0.15, 0.2) is 46.3 Å². The summed E-state index contributed by atoms with van der Waals surface area (Å²) in [6.07, 6.45) is 0.565. The maximum absolute atomic E-state index is 12.0. The maximum Gasteiger partial charge on any atom is 0.337 e. The molecule has 0 atom stereocenters. The highest BCUT2D eigenvalue weighted by atomic mass is 32.1. The SMILES string of the molecule is COC(=O)c1ccc(NC(=O)CCc2nc(-c3cccs3)no2)cc1. The van der Waals surface area contributed by atoms with Crippen molar-refractivity contribution in [3.8, 4) is 10.7 Å². The van der Waals surface area contributed by atoms with Gasteiger partial charge in [0.25, 0.3) is 0 Å². The number of nitrogens with one attached hydrogen (secondary N) is 1. The van der Waals surface area contributed by atoms with Gasteiger partial charge in [0, 0.05) is 18.5 Å². The number of thiophene rings is 1. The molecule has 0 aliphatic rings. The Morgan fingerprint density at radius 2 is 2.04 bits per heavy atom. The van der Waals surface area contributed by atoms with Crippen LogP contribution in [0.4, 0.5) is 5.69 Å². The summed E-state index contributed by atoms with van der Waals surface area (Å²) in [6.45, 7) is 0. The van der Waals surface area contributed by atoms with Crippen molar-refractivity contribution in [1.82, 2.24) is 10.1 Å². The number of amides is 1. The Morgan fingerprint density at radius 1 is 1.24 bits per heavy atom. The van der Waals surface area contributed by atoms with Crippen molar-refractivity contribution in [3.05, 3.63) is 53.2 Å². The number of hydrogen-bond acceptors (Lipinski definition) is 7. The monoisotopic (exact) mass is 357 g/mol. The highest BCUT2D eigenvalue weighted by Crippen LogP contribution is 2.21. The van der Waals surface area contributed by atoms with Gasteiger partial charge in [0.05, 0.1) is 17.6 Å². The lowest BCUT2D eigenvalue weighted by molar-refractivity contribution is -0.116. The van der Waals surface area contributed by atoms with E-state index in [-0.39, 0.29) is 12.3 Å². The van der Waals surface area contributed by atoms with Crippen LogP contribution in [0.1, 0.15) is 22.7 Å². The fourth-order valence-electron chi connectivity index (χ4n) is 2.11. The lowest BCUT2D eigenvalue weighted by Gasteiger charge is -2.05. The van der Waals surface area contributed by atoms with Crippen molar-refractivity contribution in [1.29, 1.82) is 0 Å². The van der Waals surface area contributed by atoms with E-state index >= 15 is 0 Å². The molecule has 7 nitrogen and oxygen atoms in total. The number of hydrogen-bond donors (Lipinski definition) is 1. The number of anilines is 1. The van der Waals surface area contributed by atoms with E-state index in [4.69, 9.17) is 4.52 Å².